The molecule has 1 aliphatic rings. The Hall–Kier alpha value is -1.55. The highest BCUT2D eigenvalue weighted by atomic mass is 16.5. The number of nitrogens with zero attached hydrogens (tertiary/aromatic N) is 1. The second kappa shape index (κ2) is 3.90. The van der Waals surface area contributed by atoms with Gasteiger partial charge in [-0.25, -0.2) is 0 Å². The molecule has 0 aliphatic carbocycles. The number of rotatable bonds is 2. The Kier molecular flexibility index (Phi) is 2.60. The van der Waals surface area contributed by atoms with Gasteiger partial charge >= 0.3 is 0 Å². The van der Waals surface area contributed by atoms with E-state index in [0.717, 1.165) is 5.69 Å². The molecule has 0 radical (unpaired) electrons. The van der Waals surface area contributed by atoms with Gasteiger partial charge in [0.05, 0.1) is 18.8 Å². The first-order valence-corrected chi connectivity index (χ1v) is 4.94. The van der Waals surface area contributed by atoms with Crippen LogP contribution >= 0.6 is 0 Å². The molecule has 1 aromatic carbocycles. The van der Waals surface area contributed by atoms with Crippen LogP contribution in [0.4, 0.5) is 5.69 Å². The molecule has 4 nitrogen and oxygen atoms in total. The van der Waals surface area contributed by atoms with E-state index in [9.17, 15) is 4.79 Å². The monoisotopic (exact) mass is 206 g/mol. The lowest BCUT2D eigenvalue weighted by molar-refractivity contribution is -0.118. The van der Waals surface area contributed by atoms with Gasteiger partial charge in [-0.1, -0.05) is 12.1 Å². The molecule has 0 saturated carbocycles. The molecule has 0 spiro atoms. The van der Waals surface area contributed by atoms with Gasteiger partial charge in [0.15, 0.2) is 0 Å². The largest absolute Gasteiger partial charge is 0.495 e. The maximum Gasteiger partial charge on any atom is 0.244 e. The van der Waals surface area contributed by atoms with E-state index >= 15 is 0 Å². The summed E-state index contributed by atoms with van der Waals surface area (Å²) < 4.78 is 5.21. The summed E-state index contributed by atoms with van der Waals surface area (Å²) in [5.74, 6) is 0.680. The molecule has 1 unspecified atom stereocenters. The summed E-state index contributed by atoms with van der Waals surface area (Å²) in [5.41, 5.74) is 6.47. The van der Waals surface area contributed by atoms with Crippen LogP contribution in [0.15, 0.2) is 24.3 Å². The normalized spacial score (nSPS) is 20.8. The third-order valence-electron chi connectivity index (χ3n) is 2.62. The van der Waals surface area contributed by atoms with E-state index in [1.807, 2.05) is 24.3 Å². The van der Waals surface area contributed by atoms with Crippen molar-refractivity contribution < 1.29 is 9.53 Å². The second-order valence-corrected chi connectivity index (χ2v) is 3.56. The van der Waals surface area contributed by atoms with Gasteiger partial charge in [0.2, 0.25) is 5.91 Å². The number of carbonyl (C=O) groups excluding carboxylic acids is 1. The fraction of sp³-hybridized carbons (Fsp3) is 0.364. The Balaban J connectivity index is 2.33. The van der Waals surface area contributed by atoms with Gasteiger partial charge in [0.25, 0.3) is 0 Å². The molecule has 4 heteroatoms. The van der Waals surface area contributed by atoms with Crippen LogP contribution in [0.3, 0.4) is 0 Å². The number of benzene rings is 1. The molecule has 1 aliphatic heterocycles. The summed E-state index contributed by atoms with van der Waals surface area (Å²) in [4.78, 5) is 13.4. The third kappa shape index (κ3) is 1.68. The number of hydrogen-bond acceptors (Lipinski definition) is 3. The second-order valence-electron chi connectivity index (χ2n) is 3.56. The molecule has 2 N–H and O–H groups in total. The molecular formula is C11H14N2O2. The number of anilines is 1. The van der Waals surface area contributed by atoms with Gasteiger partial charge in [-0.2, -0.15) is 0 Å². The summed E-state index contributed by atoms with van der Waals surface area (Å²) in [5, 5.41) is 0. The van der Waals surface area contributed by atoms with E-state index in [4.69, 9.17) is 10.5 Å². The van der Waals surface area contributed by atoms with E-state index in [2.05, 4.69) is 0 Å². The van der Waals surface area contributed by atoms with E-state index in [1.165, 1.54) is 0 Å². The predicted molar refractivity (Wildman–Crippen MR) is 57.9 cm³/mol. The zero-order chi connectivity index (χ0) is 10.8. The number of para-hydroxylation sites is 2. The molecule has 0 bridgehead atoms. The van der Waals surface area contributed by atoms with Crippen LogP contribution in [0.2, 0.25) is 0 Å². The Morgan fingerprint density at radius 1 is 1.47 bits per heavy atom. The molecule has 1 aromatic rings. The van der Waals surface area contributed by atoms with Crippen molar-refractivity contribution in [1.29, 1.82) is 0 Å². The first-order chi connectivity index (χ1) is 7.24. The van der Waals surface area contributed by atoms with E-state index in [-0.39, 0.29) is 11.9 Å². The molecule has 1 amide bonds. The van der Waals surface area contributed by atoms with Crippen LogP contribution in [0, 0.1) is 0 Å². The number of hydrogen-bond donors (Lipinski definition) is 1. The SMILES string of the molecule is COc1ccccc1N1CCC(N)C1=O. The molecule has 15 heavy (non-hydrogen) atoms. The molecule has 1 saturated heterocycles. The minimum Gasteiger partial charge on any atom is -0.495 e. The van der Waals surface area contributed by atoms with Crippen molar-refractivity contribution in [3.05, 3.63) is 24.3 Å². The fourth-order valence-electron chi connectivity index (χ4n) is 1.79. The summed E-state index contributed by atoms with van der Waals surface area (Å²) >= 11 is 0. The average molecular weight is 206 g/mol. The molecule has 1 atom stereocenters. The average Bonchev–Trinajstić information content (AvgIpc) is 2.60. The topological polar surface area (TPSA) is 55.6 Å². The number of amides is 1. The van der Waals surface area contributed by atoms with Crippen LogP contribution in [0.5, 0.6) is 5.75 Å². The number of methoxy groups -OCH3 is 1. The highest BCUT2D eigenvalue weighted by Crippen LogP contribution is 2.30. The molecule has 1 fully saturated rings. The predicted octanol–water partition coefficient (Wildman–Crippen LogP) is 0.759. The molecular weight excluding hydrogens is 192 g/mol. The summed E-state index contributed by atoms with van der Waals surface area (Å²) in [7, 11) is 1.60. The molecule has 2 rings (SSSR count). The Labute approximate surface area is 88.6 Å². The van der Waals surface area contributed by atoms with E-state index < -0.39 is 0 Å². The van der Waals surface area contributed by atoms with Gasteiger partial charge in [-0.05, 0) is 18.6 Å². The van der Waals surface area contributed by atoms with Gasteiger partial charge in [0.1, 0.15) is 5.75 Å². The number of carbonyl (C=O) groups is 1. The highest BCUT2D eigenvalue weighted by Gasteiger charge is 2.30. The van der Waals surface area contributed by atoms with Crippen LogP contribution in [0.1, 0.15) is 6.42 Å². The summed E-state index contributed by atoms with van der Waals surface area (Å²) in [6, 6.07) is 7.11. The number of ether oxygens (including phenoxy) is 1. The zero-order valence-corrected chi connectivity index (χ0v) is 8.64. The maximum absolute atomic E-state index is 11.7. The van der Waals surface area contributed by atoms with Crippen LogP contribution in [-0.2, 0) is 4.79 Å². The Morgan fingerprint density at radius 3 is 2.80 bits per heavy atom. The highest BCUT2D eigenvalue weighted by molar-refractivity contribution is 6.00. The Morgan fingerprint density at radius 2 is 2.20 bits per heavy atom. The maximum atomic E-state index is 11.7. The number of nitrogens with two attached hydrogens (primary N) is 1. The summed E-state index contributed by atoms with van der Waals surface area (Å²) in [6.07, 6.45) is 0.705. The fourth-order valence-corrected chi connectivity index (χ4v) is 1.79. The molecule has 1 heterocycles. The van der Waals surface area contributed by atoms with Crippen LogP contribution in [-0.4, -0.2) is 25.6 Å². The lowest BCUT2D eigenvalue weighted by Gasteiger charge is -2.18. The zero-order valence-electron chi connectivity index (χ0n) is 8.64. The first-order valence-electron chi connectivity index (χ1n) is 4.94. The van der Waals surface area contributed by atoms with Crippen molar-refractivity contribution in [2.24, 2.45) is 5.73 Å². The van der Waals surface area contributed by atoms with Crippen molar-refractivity contribution in [3.8, 4) is 5.75 Å². The standard InChI is InChI=1S/C11H14N2O2/c1-15-10-5-3-2-4-9(10)13-7-6-8(12)11(13)14/h2-5,8H,6-7,12H2,1H3. The van der Waals surface area contributed by atoms with Crippen molar-refractivity contribution >= 4 is 11.6 Å². The van der Waals surface area contributed by atoms with Crippen LogP contribution < -0.4 is 15.4 Å². The molecule has 80 valence electrons. The minimum atomic E-state index is -0.366. The van der Waals surface area contributed by atoms with Crippen molar-refractivity contribution in [3.63, 3.8) is 0 Å². The summed E-state index contributed by atoms with van der Waals surface area (Å²) in [6.45, 7) is 0.667. The third-order valence-corrected chi connectivity index (χ3v) is 2.62. The quantitative estimate of drug-likeness (QED) is 0.777. The van der Waals surface area contributed by atoms with Crippen molar-refractivity contribution in [2.45, 2.75) is 12.5 Å². The van der Waals surface area contributed by atoms with Gasteiger partial charge < -0.3 is 15.4 Å². The van der Waals surface area contributed by atoms with Crippen molar-refractivity contribution in [1.82, 2.24) is 0 Å². The van der Waals surface area contributed by atoms with Crippen molar-refractivity contribution in [2.75, 3.05) is 18.6 Å². The van der Waals surface area contributed by atoms with Gasteiger partial charge in [-0.3, -0.25) is 4.79 Å². The van der Waals surface area contributed by atoms with E-state index in [1.54, 1.807) is 12.0 Å². The van der Waals surface area contributed by atoms with Gasteiger partial charge in [-0.15, -0.1) is 0 Å². The lowest BCUT2D eigenvalue weighted by Crippen LogP contribution is -2.34. The van der Waals surface area contributed by atoms with Gasteiger partial charge in [0, 0.05) is 6.54 Å². The van der Waals surface area contributed by atoms with Crippen LogP contribution in [0.25, 0.3) is 0 Å². The lowest BCUT2D eigenvalue weighted by atomic mass is 10.2. The minimum absolute atomic E-state index is 0.0282. The first kappa shape index (κ1) is 9.98. The Bertz CT molecular complexity index is 379. The smallest absolute Gasteiger partial charge is 0.244 e. The molecule has 0 aromatic heterocycles. The van der Waals surface area contributed by atoms with E-state index in [0.29, 0.717) is 18.7 Å².